The van der Waals surface area contributed by atoms with Gasteiger partial charge in [0, 0.05) is 17.8 Å². The van der Waals surface area contributed by atoms with Crippen LogP contribution in [0.5, 0.6) is 0 Å². The van der Waals surface area contributed by atoms with Gasteiger partial charge in [-0.15, -0.1) is 0 Å². The smallest absolute Gasteiger partial charge is 0.322 e. The zero-order valence-electron chi connectivity index (χ0n) is 17.8. The first-order valence-electron chi connectivity index (χ1n) is 10.4. The molecule has 0 radical (unpaired) electrons. The quantitative estimate of drug-likeness (QED) is 0.578. The van der Waals surface area contributed by atoms with Crippen LogP contribution in [0.3, 0.4) is 0 Å². The minimum absolute atomic E-state index is 0.144. The minimum Gasteiger partial charge on any atom is -0.334 e. The molecule has 1 atom stereocenters. The summed E-state index contributed by atoms with van der Waals surface area (Å²) in [5, 5.41) is 7.19. The van der Waals surface area contributed by atoms with E-state index >= 15 is 0 Å². The summed E-state index contributed by atoms with van der Waals surface area (Å²) in [6.45, 7) is 6.76. The van der Waals surface area contributed by atoms with Crippen molar-refractivity contribution in [2.75, 3.05) is 6.54 Å². The van der Waals surface area contributed by atoms with Crippen LogP contribution in [0.25, 0.3) is 17.0 Å². The fraction of sp³-hybridized carbons (Fsp3) is 0.292. The van der Waals surface area contributed by atoms with E-state index in [4.69, 9.17) is 4.52 Å². The summed E-state index contributed by atoms with van der Waals surface area (Å²) in [5.74, 6) is 0.836. The van der Waals surface area contributed by atoms with Gasteiger partial charge in [-0.1, -0.05) is 49.3 Å². The monoisotopic (exact) mass is 420 g/mol. The highest BCUT2D eigenvalue weighted by atomic mass is 19.1. The molecule has 0 saturated heterocycles. The number of hydrogen-bond acceptors (Lipinski definition) is 4. The van der Waals surface area contributed by atoms with Crippen LogP contribution >= 0.6 is 0 Å². The first-order chi connectivity index (χ1) is 14.9. The Kier molecular flexibility index (Phi) is 5.84. The third kappa shape index (κ3) is 4.35. The molecule has 6 nitrogen and oxygen atoms in total. The van der Waals surface area contributed by atoms with E-state index in [0.29, 0.717) is 29.7 Å². The normalized spacial score (nSPS) is 16.7. The van der Waals surface area contributed by atoms with Gasteiger partial charge in [0.05, 0.1) is 11.6 Å². The molecule has 0 aliphatic carbocycles. The van der Waals surface area contributed by atoms with Gasteiger partial charge in [-0.25, -0.2) is 9.18 Å². The molecule has 2 aromatic carbocycles. The van der Waals surface area contributed by atoms with Crippen LogP contribution in [0.4, 0.5) is 9.18 Å². The van der Waals surface area contributed by atoms with Crippen molar-refractivity contribution in [1.29, 1.82) is 0 Å². The molecule has 0 fully saturated rings. The number of allylic oxidation sites excluding steroid dienone is 1. The Bertz CT molecular complexity index is 1090. The lowest BCUT2D eigenvalue weighted by Gasteiger charge is -2.35. The van der Waals surface area contributed by atoms with Gasteiger partial charge < -0.3 is 9.84 Å². The maximum atomic E-state index is 13.3. The number of rotatable bonds is 6. The highest BCUT2D eigenvalue weighted by Crippen LogP contribution is 2.37. The van der Waals surface area contributed by atoms with Crippen LogP contribution < -0.4 is 5.32 Å². The van der Waals surface area contributed by atoms with E-state index in [9.17, 15) is 9.18 Å². The van der Waals surface area contributed by atoms with Crippen molar-refractivity contribution in [2.45, 2.75) is 33.2 Å². The molecule has 0 bridgehead atoms. The van der Waals surface area contributed by atoms with E-state index in [-0.39, 0.29) is 11.8 Å². The Morgan fingerprint density at radius 2 is 1.84 bits per heavy atom. The van der Waals surface area contributed by atoms with Crippen molar-refractivity contribution in [3.63, 3.8) is 0 Å². The summed E-state index contributed by atoms with van der Waals surface area (Å²) in [6.07, 6.45) is 0.874. The highest BCUT2D eigenvalue weighted by molar-refractivity contribution is 5.86. The van der Waals surface area contributed by atoms with E-state index in [1.165, 1.54) is 12.1 Å². The predicted molar refractivity (Wildman–Crippen MR) is 116 cm³/mol. The molecule has 1 unspecified atom stereocenters. The number of carbonyl (C=O) groups is 1. The first-order valence-corrected chi connectivity index (χ1v) is 10.4. The molecule has 0 spiro atoms. The third-order valence-electron chi connectivity index (χ3n) is 5.42. The highest BCUT2D eigenvalue weighted by Gasteiger charge is 2.35. The lowest BCUT2D eigenvalue weighted by atomic mass is 9.94. The SMILES string of the molecule is CC1=C(c2nc(-c3ccc(F)cc3)no2)C(c2ccccc2)NC(=O)N1CCC(C)C. The second-order valence-electron chi connectivity index (χ2n) is 8.06. The van der Waals surface area contributed by atoms with Gasteiger partial charge in [0.15, 0.2) is 0 Å². The van der Waals surface area contributed by atoms with Crippen LogP contribution in [-0.2, 0) is 0 Å². The van der Waals surface area contributed by atoms with E-state index in [1.54, 1.807) is 17.0 Å². The number of benzene rings is 2. The first kappa shape index (κ1) is 20.8. The van der Waals surface area contributed by atoms with Crippen molar-refractivity contribution in [1.82, 2.24) is 20.4 Å². The molecule has 1 aliphatic heterocycles. The molecule has 31 heavy (non-hydrogen) atoms. The zero-order valence-corrected chi connectivity index (χ0v) is 17.8. The van der Waals surface area contributed by atoms with Crippen molar-refractivity contribution >= 4 is 11.6 Å². The fourth-order valence-corrected chi connectivity index (χ4v) is 3.66. The molecular formula is C24H25FN4O2. The van der Waals surface area contributed by atoms with Crippen LogP contribution in [0.1, 0.15) is 44.7 Å². The number of carbonyl (C=O) groups excluding carboxylic acids is 1. The van der Waals surface area contributed by atoms with Crippen molar-refractivity contribution < 1.29 is 13.7 Å². The van der Waals surface area contributed by atoms with Gasteiger partial charge in [0.25, 0.3) is 5.89 Å². The Morgan fingerprint density at radius 3 is 2.52 bits per heavy atom. The molecular weight excluding hydrogens is 395 g/mol. The van der Waals surface area contributed by atoms with Crippen molar-refractivity contribution in [2.24, 2.45) is 5.92 Å². The summed E-state index contributed by atoms with van der Waals surface area (Å²) in [5.41, 5.74) is 3.13. The molecule has 1 N–H and O–H groups in total. The van der Waals surface area contributed by atoms with Gasteiger partial charge in [-0.05, 0) is 49.1 Å². The summed E-state index contributed by atoms with van der Waals surface area (Å²) in [4.78, 5) is 19.2. The maximum absolute atomic E-state index is 13.3. The molecule has 1 aliphatic rings. The van der Waals surface area contributed by atoms with Gasteiger partial charge in [0.1, 0.15) is 5.82 Å². The second kappa shape index (κ2) is 8.71. The zero-order chi connectivity index (χ0) is 22.0. The standard InChI is InChI=1S/C24H25FN4O2/c1-15(2)13-14-29-16(3)20(21(26-24(29)30)17-7-5-4-6-8-17)23-27-22(28-31-23)18-9-11-19(25)12-10-18/h4-12,15,21H,13-14H2,1-3H3,(H,26,30). The van der Waals surface area contributed by atoms with Crippen LogP contribution in [0, 0.1) is 11.7 Å². The number of urea groups is 1. The number of aromatic nitrogens is 2. The molecule has 2 amide bonds. The average Bonchev–Trinajstić information content (AvgIpc) is 3.23. The van der Waals surface area contributed by atoms with Crippen LogP contribution in [0.2, 0.25) is 0 Å². The lowest BCUT2D eigenvalue weighted by Crippen LogP contribution is -2.46. The molecule has 2 heterocycles. The molecule has 160 valence electrons. The number of halogens is 1. The molecule has 4 rings (SSSR count). The van der Waals surface area contributed by atoms with E-state index in [1.807, 2.05) is 37.3 Å². The Balaban J connectivity index is 1.77. The van der Waals surface area contributed by atoms with Gasteiger partial charge in [0.2, 0.25) is 5.82 Å². The largest absolute Gasteiger partial charge is 0.334 e. The lowest BCUT2D eigenvalue weighted by molar-refractivity contribution is 0.202. The topological polar surface area (TPSA) is 71.3 Å². The maximum Gasteiger partial charge on any atom is 0.322 e. The van der Waals surface area contributed by atoms with Crippen molar-refractivity contribution in [3.8, 4) is 11.4 Å². The predicted octanol–water partition coefficient (Wildman–Crippen LogP) is 5.42. The number of hydrogen-bond donors (Lipinski definition) is 1. The number of amides is 2. The van der Waals surface area contributed by atoms with E-state index in [0.717, 1.165) is 23.3 Å². The summed E-state index contributed by atoms with van der Waals surface area (Å²) in [6, 6.07) is 15.1. The third-order valence-corrected chi connectivity index (χ3v) is 5.42. The van der Waals surface area contributed by atoms with Gasteiger partial charge >= 0.3 is 6.03 Å². The number of nitrogens with one attached hydrogen (secondary N) is 1. The Labute approximate surface area is 180 Å². The summed E-state index contributed by atoms with van der Waals surface area (Å²) < 4.78 is 18.9. The molecule has 1 aromatic heterocycles. The minimum atomic E-state index is -0.412. The summed E-state index contributed by atoms with van der Waals surface area (Å²) >= 11 is 0. The van der Waals surface area contributed by atoms with E-state index in [2.05, 4.69) is 29.3 Å². The molecule has 3 aromatic rings. The summed E-state index contributed by atoms with van der Waals surface area (Å²) in [7, 11) is 0. The van der Waals surface area contributed by atoms with Gasteiger partial charge in [-0.2, -0.15) is 4.98 Å². The fourth-order valence-electron chi connectivity index (χ4n) is 3.66. The van der Waals surface area contributed by atoms with Crippen molar-refractivity contribution in [3.05, 3.63) is 77.6 Å². The average molecular weight is 420 g/mol. The van der Waals surface area contributed by atoms with Crippen LogP contribution in [0.15, 0.2) is 64.8 Å². The molecule has 0 saturated carbocycles. The van der Waals surface area contributed by atoms with E-state index < -0.39 is 6.04 Å². The molecule has 7 heteroatoms. The van der Waals surface area contributed by atoms with Crippen LogP contribution in [-0.4, -0.2) is 27.6 Å². The van der Waals surface area contributed by atoms with Gasteiger partial charge in [-0.3, -0.25) is 4.90 Å². The number of nitrogens with zero attached hydrogens (tertiary/aromatic N) is 3. The Morgan fingerprint density at radius 1 is 1.13 bits per heavy atom. The second-order valence-corrected chi connectivity index (χ2v) is 8.06. The Hall–Kier alpha value is -3.48.